The molecule has 40 heavy (non-hydrogen) atoms. The van der Waals surface area contributed by atoms with Gasteiger partial charge in [0.1, 0.15) is 6.10 Å². The lowest BCUT2D eigenvalue weighted by Crippen LogP contribution is -2.51. The van der Waals surface area contributed by atoms with Crippen molar-refractivity contribution in [3.63, 3.8) is 0 Å². The van der Waals surface area contributed by atoms with Crippen molar-refractivity contribution in [1.29, 1.82) is 0 Å². The molecule has 4 rings (SSSR count). The van der Waals surface area contributed by atoms with Gasteiger partial charge in [-0.05, 0) is 104 Å². The summed E-state index contributed by atoms with van der Waals surface area (Å²) >= 11 is 0. The van der Waals surface area contributed by atoms with Gasteiger partial charge in [-0.3, -0.25) is 4.79 Å². The number of nitrogens with one attached hydrogen (secondary N) is 1. The Bertz CT molecular complexity index is 850. The maximum atomic E-state index is 12.6. The van der Waals surface area contributed by atoms with Crippen molar-refractivity contribution >= 4 is 5.97 Å². The van der Waals surface area contributed by atoms with E-state index < -0.39 is 0 Å². The lowest BCUT2D eigenvalue weighted by atomic mass is 9.47. The number of likely N-dealkylation sites (N-methyl/N-ethyl adjacent to an activating group) is 1. The van der Waals surface area contributed by atoms with Crippen LogP contribution < -0.4 is 5.32 Å². The molecule has 230 valence electrons. The van der Waals surface area contributed by atoms with E-state index >= 15 is 0 Å². The van der Waals surface area contributed by atoms with Crippen LogP contribution in [0.25, 0.3) is 0 Å². The Morgan fingerprint density at radius 2 is 1.80 bits per heavy atom. The predicted octanol–water partition coefficient (Wildman–Crippen LogP) is 8.26. The van der Waals surface area contributed by atoms with Crippen LogP contribution in [-0.2, 0) is 9.53 Å². The lowest BCUT2D eigenvalue weighted by molar-refractivity contribution is -0.151. The molecule has 4 nitrogen and oxygen atoms in total. The summed E-state index contributed by atoms with van der Waals surface area (Å²) in [6.07, 6.45) is 17.6. The second-order valence-electron chi connectivity index (χ2n) is 15.2. The van der Waals surface area contributed by atoms with Gasteiger partial charge in [0.05, 0.1) is 6.42 Å². The highest BCUT2D eigenvalue weighted by molar-refractivity contribution is 5.69. The minimum Gasteiger partial charge on any atom is -0.462 e. The zero-order valence-electron chi connectivity index (χ0n) is 27.4. The zero-order valence-corrected chi connectivity index (χ0v) is 27.4. The van der Waals surface area contributed by atoms with Crippen molar-refractivity contribution in [2.75, 3.05) is 32.7 Å². The molecule has 4 aliphatic carbocycles. The summed E-state index contributed by atoms with van der Waals surface area (Å²) in [5, 5.41) is 3.43. The number of allylic oxidation sites excluding steroid dienone is 1. The number of hydrogen-bond acceptors (Lipinski definition) is 4. The monoisotopic (exact) mass is 556 g/mol. The second-order valence-corrected chi connectivity index (χ2v) is 15.2. The molecule has 0 bridgehead atoms. The van der Waals surface area contributed by atoms with E-state index in [0.717, 1.165) is 74.5 Å². The summed E-state index contributed by atoms with van der Waals surface area (Å²) in [5.41, 5.74) is 2.49. The maximum Gasteiger partial charge on any atom is 0.307 e. The third-order valence-corrected chi connectivity index (χ3v) is 12.6. The molecule has 0 saturated heterocycles. The van der Waals surface area contributed by atoms with Crippen molar-refractivity contribution in [3.8, 4) is 0 Å². The molecule has 0 amide bonds. The van der Waals surface area contributed by atoms with Crippen LogP contribution in [0.3, 0.4) is 0 Å². The molecule has 0 spiro atoms. The number of carbonyl (C=O) groups is 1. The highest BCUT2D eigenvalue weighted by Crippen LogP contribution is 2.67. The van der Waals surface area contributed by atoms with Crippen LogP contribution >= 0.6 is 0 Å². The summed E-state index contributed by atoms with van der Waals surface area (Å²) in [6.45, 7) is 21.8. The van der Waals surface area contributed by atoms with E-state index in [2.05, 4.69) is 64.8 Å². The molecule has 8 atom stereocenters. The van der Waals surface area contributed by atoms with E-state index in [1.807, 2.05) is 0 Å². The fourth-order valence-corrected chi connectivity index (χ4v) is 10.1. The first-order chi connectivity index (χ1) is 19.1. The average Bonchev–Trinajstić information content (AvgIpc) is 3.28. The van der Waals surface area contributed by atoms with E-state index in [-0.39, 0.29) is 12.1 Å². The Balaban J connectivity index is 1.28. The Morgan fingerprint density at radius 3 is 2.52 bits per heavy atom. The van der Waals surface area contributed by atoms with Gasteiger partial charge in [0, 0.05) is 26.1 Å². The van der Waals surface area contributed by atoms with Gasteiger partial charge in [-0.1, -0.05) is 79.4 Å². The van der Waals surface area contributed by atoms with Crippen LogP contribution in [0.4, 0.5) is 0 Å². The Kier molecular flexibility index (Phi) is 11.3. The van der Waals surface area contributed by atoms with E-state index in [4.69, 9.17) is 4.74 Å². The van der Waals surface area contributed by atoms with Crippen molar-refractivity contribution in [2.24, 2.45) is 46.3 Å². The van der Waals surface area contributed by atoms with Gasteiger partial charge in [-0.15, -0.1) is 0 Å². The van der Waals surface area contributed by atoms with Crippen molar-refractivity contribution in [1.82, 2.24) is 10.2 Å². The largest absolute Gasteiger partial charge is 0.462 e. The molecule has 0 aromatic carbocycles. The SMILES string of the molecule is CCN(CC)CCNCCC(=O)O[C@H]1CC[C@@]2(C)C(=CC[C@H]3[C@@H]4CC[C@H]([C@H](C)CCCC(C)C)[C@@]4(C)CC[C@@H]32)C1. The lowest BCUT2D eigenvalue weighted by Gasteiger charge is -2.58. The summed E-state index contributed by atoms with van der Waals surface area (Å²) in [4.78, 5) is 15.0. The first kappa shape index (κ1) is 32.1. The molecule has 3 fully saturated rings. The summed E-state index contributed by atoms with van der Waals surface area (Å²) in [5.74, 6) is 5.20. The molecule has 4 aliphatic rings. The van der Waals surface area contributed by atoms with Crippen LogP contribution in [0, 0.1) is 46.3 Å². The topological polar surface area (TPSA) is 41.6 Å². The van der Waals surface area contributed by atoms with E-state index in [1.165, 1.54) is 57.8 Å². The first-order valence-electron chi connectivity index (χ1n) is 17.4. The smallest absolute Gasteiger partial charge is 0.307 e. The van der Waals surface area contributed by atoms with Gasteiger partial charge in [0.25, 0.3) is 0 Å². The van der Waals surface area contributed by atoms with Crippen LogP contribution in [0.15, 0.2) is 11.6 Å². The minimum absolute atomic E-state index is 0.0221. The minimum atomic E-state index is -0.0221. The standard InChI is InChI=1S/C36H64N2O2/c1-8-38(9-2)24-23-37-22-19-34(39)40-29-17-20-35(6)28(25-29)13-14-30-32-16-15-31(27(5)12-10-11-26(3)4)36(32,7)21-18-33(30)35/h13,26-27,29-33,37H,8-12,14-25H2,1-7H3/t27-,29+,30+,31-,32+,33+,35+,36-/m1/s1. The number of esters is 1. The van der Waals surface area contributed by atoms with Gasteiger partial charge >= 0.3 is 5.97 Å². The number of nitrogens with zero attached hydrogens (tertiary/aromatic N) is 1. The van der Waals surface area contributed by atoms with Gasteiger partial charge in [0.15, 0.2) is 0 Å². The number of carbonyl (C=O) groups excluding carboxylic acids is 1. The van der Waals surface area contributed by atoms with Gasteiger partial charge in [0.2, 0.25) is 0 Å². The third kappa shape index (κ3) is 7.01. The Morgan fingerprint density at radius 1 is 1.02 bits per heavy atom. The van der Waals surface area contributed by atoms with Crippen molar-refractivity contribution < 1.29 is 9.53 Å². The molecule has 4 heteroatoms. The molecule has 0 aliphatic heterocycles. The molecule has 3 saturated carbocycles. The summed E-state index contributed by atoms with van der Waals surface area (Å²) < 4.78 is 6.03. The van der Waals surface area contributed by atoms with Crippen LogP contribution in [0.5, 0.6) is 0 Å². The fourth-order valence-electron chi connectivity index (χ4n) is 10.1. The van der Waals surface area contributed by atoms with Crippen LogP contribution in [0.1, 0.15) is 126 Å². The summed E-state index contributed by atoms with van der Waals surface area (Å²) in [6, 6.07) is 0. The highest BCUT2D eigenvalue weighted by atomic mass is 16.5. The van der Waals surface area contributed by atoms with E-state index in [9.17, 15) is 4.79 Å². The number of fused-ring (bicyclic) bond motifs is 5. The first-order valence-corrected chi connectivity index (χ1v) is 17.4. The Hall–Kier alpha value is -0.870. The number of ether oxygens (including phenoxy) is 1. The van der Waals surface area contributed by atoms with E-state index in [1.54, 1.807) is 5.57 Å². The molecule has 0 aromatic rings. The van der Waals surface area contributed by atoms with Gasteiger partial charge in [-0.2, -0.15) is 0 Å². The van der Waals surface area contributed by atoms with Crippen molar-refractivity contribution in [2.45, 2.75) is 132 Å². The predicted molar refractivity (Wildman–Crippen MR) is 168 cm³/mol. The molecule has 0 aromatic heterocycles. The molecular weight excluding hydrogens is 492 g/mol. The zero-order chi connectivity index (χ0) is 28.9. The number of rotatable bonds is 14. The molecule has 0 radical (unpaired) electrons. The van der Waals surface area contributed by atoms with Gasteiger partial charge < -0.3 is 15.0 Å². The Labute approximate surface area is 247 Å². The molecular formula is C36H64N2O2. The summed E-state index contributed by atoms with van der Waals surface area (Å²) in [7, 11) is 0. The molecule has 0 unspecified atom stereocenters. The van der Waals surface area contributed by atoms with Crippen LogP contribution in [-0.4, -0.2) is 49.7 Å². The van der Waals surface area contributed by atoms with Crippen molar-refractivity contribution in [3.05, 3.63) is 11.6 Å². The average molecular weight is 557 g/mol. The normalized spacial score (nSPS) is 36.1. The quantitative estimate of drug-likeness (QED) is 0.133. The van der Waals surface area contributed by atoms with Gasteiger partial charge in [-0.25, -0.2) is 0 Å². The van der Waals surface area contributed by atoms with Crippen LogP contribution in [0.2, 0.25) is 0 Å². The molecule has 1 N–H and O–H groups in total. The fraction of sp³-hybridized carbons (Fsp3) is 0.917. The number of hydrogen-bond donors (Lipinski definition) is 1. The highest BCUT2D eigenvalue weighted by Gasteiger charge is 2.59. The van der Waals surface area contributed by atoms with E-state index in [0.29, 0.717) is 23.8 Å². The molecule has 0 heterocycles. The third-order valence-electron chi connectivity index (χ3n) is 12.6. The maximum absolute atomic E-state index is 12.6. The second kappa shape index (κ2) is 14.1.